The Morgan fingerprint density at radius 3 is 2.65 bits per heavy atom. The van der Waals surface area contributed by atoms with Crippen molar-refractivity contribution in [1.29, 1.82) is 0 Å². The van der Waals surface area contributed by atoms with Crippen molar-refractivity contribution in [3.8, 4) is 0 Å². The van der Waals surface area contributed by atoms with Crippen molar-refractivity contribution < 1.29 is 4.79 Å². The summed E-state index contributed by atoms with van der Waals surface area (Å²) in [6.45, 7) is 1.65. The van der Waals surface area contributed by atoms with Crippen LogP contribution in [0.2, 0.25) is 5.02 Å². The van der Waals surface area contributed by atoms with Gasteiger partial charge in [-0.1, -0.05) is 29.8 Å². The molecule has 2 aromatic rings. The molecule has 2 fully saturated rings. The van der Waals surface area contributed by atoms with Gasteiger partial charge >= 0.3 is 0 Å². The van der Waals surface area contributed by atoms with Crippen molar-refractivity contribution in [2.24, 2.45) is 0 Å². The minimum Gasteiger partial charge on any atom is -0.341 e. The highest BCUT2D eigenvalue weighted by atomic mass is 35.5. The van der Waals surface area contributed by atoms with E-state index in [4.69, 9.17) is 11.6 Å². The molecule has 4 heteroatoms. The first-order valence-electron chi connectivity index (χ1n) is 8.14. The zero-order valence-corrected chi connectivity index (χ0v) is 13.7. The lowest BCUT2D eigenvalue weighted by Crippen LogP contribution is -2.37. The smallest absolute Gasteiger partial charge is 0.233 e. The molecule has 3 nitrogen and oxygen atoms in total. The molecular weight excluding hydrogens is 308 g/mol. The summed E-state index contributed by atoms with van der Waals surface area (Å²) < 4.78 is 0. The molecule has 1 saturated carbocycles. The van der Waals surface area contributed by atoms with Gasteiger partial charge in [0.2, 0.25) is 5.91 Å². The number of amides is 1. The third-order valence-corrected chi connectivity index (χ3v) is 5.44. The summed E-state index contributed by atoms with van der Waals surface area (Å²) in [5.41, 5.74) is 2.05. The quantitative estimate of drug-likeness (QED) is 0.860. The van der Waals surface area contributed by atoms with E-state index in [9.17, 15) is 4.79 Å². The average Bonchev–Trinajstić information content (AvgIpc) is 3.25. The summed E-state index contributed by atoms with van der Waals surface area (Å²) in [5.74, 6) is 0.694. The van der Waals surface area contributed by atoms with Crippen LogP contribution in [0.1, 0.15) is 36.3 Å². The molecule has 0 bridgehead atoms. The highest BCUT2D eigenvalue weighted by molar-refractivity contribution is 6.30. The maximum absolute atomic E-state index is 13.1. The number of halogens is 1. The zero-order chi connectivity index (χ0) is 15.9. The Morgan fingerprint density at radius 2 is 2.00 bits per heavy atom. The number of benzene rings is 1. The minimum atomic E-state index is -0.297. The van der Waals surface area contributed by atoms with Gasteiger partial charge in [0.15, 0.2) is 0 Å². The van der Waals surface area contributed by atoms with Gasteiger partial charge in [0, 0.05) is 36.4 Å². The normalized spacial score (nSPS) is 22.1. The standard InChI is InChI=1S/C19H19ClN2O/c20-17-5-3-16(4-6-17)19(8-9-19)18(23)22-11-7-15(13-22)14-2-1-10-21-12-14/h1-6,10,12,15H,7-9,11,13H2. The van der Waals surface area contributed by atoms with Gasteiger partial charge in [-0.2, -0.15) is 0 Å². The highest BCUT2D eigenvalue weighted by Gasteiger charge is 2.53. The van der Waals surface area contributed by atoms with E-state index in [0.29, 0.717) is 5.92 Å². The summed E-state index contributed by atoms with van der Waals surface area (Å²) >= 11 is 5.97. The van der Waals surface area contributed by atoms with Gasteiger partial charge in [-0.15, -0.1) is 0 Å². The Labute approximate surface area is 141 Å². The molecule has 1 aliphatic heterocycles. The fourth-order valence-corrected chi connectivity index (χ4v) is 3.78. The Kier molecular flexibility index (Phi) is 3.61. The third kappa shape index (κ3) is 2.63. The van der Waals surface area contributed by atoms with Crippen LogP contribution in [0, 0.1) is 0 Å². The van der Waals surface area contributed by atoms with Gasteiger partial charge in [0.1, 0.15) is 0 Å². The van der Waals surface area contributed by atoms with Gasteiger partial charge in [-0.05, 0) is 48.6 Å². The van der Waals surface area contributed by atoms with Crippen LogP contribution in [0.4, 0.5) is 0 Å². The van der Waals surface area contributed by atoms with Crippen LogP contribution in [0.25, 0.3) is 0 Å². The summed E-state index contributed by atoms with van der Waals surface area (Å²) in [5, 5.41) is 0.717. The fraction of sp³-hybridized carbons (Fsp3) is 0.368. The number of pyridine rings is 1. The van der Waals surface area contributed by atoms with Crippen molar-refractivity contribution in [3.63, 3.8) is 0 Å². The summed E-state index contributed by atoms with van der Waals surface area (Å²) in [6.07, 6.45) is 6.63. The number of hydrogen-bond acceptors (Lipinski definition) is 2. The molecule has 0 radical (unpaired) electrons. The van der Waals surface area contributed by atoms with Crippen LogP contribution < -0.4 is 0 Å². The number of nitrogens with zero attached hydrogens (tertiary/aromatic N) is 2. The topological polar surface area (TPSA) is 33.2 Å². The predicted octanol–water partition coefficient (Wildman–Crippen LogP) is 3.78. The second-order valence-electron chi connectivity index (χ2n) is 6.61. The first kappa shape index (κ1) is 14.7. The van der Waals surface area contributed by atoms with E-state index in [-0.39, 0.29) is 11.3 Å². The first-order chi connectivity index (χ1) is 11.2. The van der Waals surface area contributed by atoms with Crippen molar-refractivity contribution in [2.45, 2.75) is 30.6 Å². The lowest BCUT2D eigenvalue weighted by atomic mass is 9.94. The van der Waals surface area contributed by atoms with E-state index in [1.165, 1.54) is 5.56 Å². The lowest BCUT2D eigenvalue weighted by Gasteiger charge is -2.24. The molecule has 4 rings (SSSR count). The molecule has 1 aromatic carbocycles. The van der Waals surface area contributed by atoms with Crippen LogP contribution in [-0.4, -0.2) is 28.9 Å². The fourth-order valence-electron chi connectivity index (χ4n) is 3.66. The molecule has 2 heterocycles. The van der Waals surface area contributed by atoms with E-state index in [1.807, 2.05) is 41.4 Å². The first-order valence-corrected chi connectivity index (χ1v) is 8.52. The van der Waals surface area contributed by atoms with E-state index in [2.05, 4.69) is 11.1 Å². The minimum absolute atomic E-state index is 0.284. The molecule has 1 unspecified atom stereocenters. The van der Waals surface area contributed by atoms with Crippen molar-refractivity contribution >= 4 is 17.5 Å². The maximum atomic E-state index is 13.1. The molecule has 118 valence electrons. The second kappa shape index (κ2) is 5.64. The zero-order valence-electron chi connectivity index (χ0n) is 12.9. The van der Waals surface area contributed by atoms with Crippen molar-refractivity contribution in [1.82, 2.24) is 9.88 Å². The lowest BCUT2D eigenvalue weighted by molar-refractivity contribution is -0.132. The second-order valence-corrected chi connectivity index (χ2v) is 7.05. The van der Waals surface area contributed by atoms with Crippen LogP contribution in [0.5, 0.6) is 0 Å². The number of carbonyl (C=O) groups is 1. The van der Waals surface area contributed by atoms with Gasteiger partial charge in [-0.25, -0.2) is 0 Å². The molecular formula is C19H19ClN2O. The molecule has 23 heavy (non-hydrogen) atoms. The Balaban J connectivity index is 1.51. The Morgan fingerprint density at radius 1 is 1.22 bits per heavy atom. The summed E-state index contributed by atoms with van der Waals surface area (Å²) in [7, 11) is 0. The van der Waals surface area contributed by atoms with Crippen LogP contribution >= 0.6 is 11.6 Å². The highest BCUT2D eigenvalue weighted by Crippen LogP contribution is 2.50. The van der Waals surface area contributed by atoms with Crippen molar-refractivity contribution in [3.05, 3.63) is 64.9 Å². The van der Waals surface area contributed by atoms with Gasteiger partial charge < -0.3 is 4.90 Å². The number of rotatable bonds is 3. The Hall–Kier alpha value is -1.87. The van der Waals surface area contributed by atoms with Crippen molar-refractivity contribution in [2.75, 3.05) is 13.1 Å². The summed E-state index contributed by atoms with van der Waals surface area (Å²) in [6, 6.07) is 11.8. The van der Waals surface area contributed by atoms with E-state index >= 15 is 0 Å². The molecule has 1 amide bonds. The van der Waals surface area contributed by atoms with E-state index in [0.717, 1.165) is 42.9 Å². The third-order valence-electron chi connectivity index (χ3n) is 5.19. The van der Waals surface area contributed by atoms with Crippen LogP contribution in [0.15, 0.2) is 48.8 Å². The molecule has 2 aliphatic rings. The summed E-state index contributed by atoms with van der Waals surface area (Å²) in [4.78, 5) is 19.3. The number of aromatic nitrogens is 1. The molecule has 1 atom stereocenters. The van der Waals surface area contributed by atoms with Crippen LogP contribution in [-0.2, 0) is 10.2 Å². The Bertz CT molecular complexity index is 710. The molecule has 0 spiro atoms. The van der Waals surface area contributed by atoms with Gasteiger partial charge in [0.05, 0.1) is 5.41 Å². The van der Waals surface area contributed by atoms with E-state index in [1.54, 1.807) is 6.20 Å². The number of carbonyl (C=O) groups excluding carboxylic acids is 1. The van der Waals surface area contributed by atoms with Gasteiger partial charge in [-0.3, -0.25) is 9.78 Å². The maximum Gasteiger partial charge on any atom is 0.233 e. The molecule has 1 aromatic heterocycles. The SMILES string of the molecule is O=C(N1CCC(c2cccnc2)C1)C1(c2ccc(Cl)cc2)CC1. The monoisotopic (exact) mass is 326 g/mol. The molecule has 1 saturated heterocycles. The predicted molar refractivity (Wildman–Crippen MR) is 90.5 cm³/mol. The van der Waals surface area contributed by atoms with Crippen LogP contribution in [0.3, 0.4) is 0 Å². The van der Waals surface area contributed by atoms with Gasteiger partial charge in [0.25, 0.3) is 0 Å². The molecule has 0 N–H and O–H groups in total. The number of likely N-dealkylation sites (tertiary alicyclic amines) is 1. The molecule has 1 aliphatic carbocycles. The average molecular weight is 327 g/mol. The number of hydrogen-bond donors (Lipinski definition) is 0. The van der Waals surface area contributed by atoms with E-state index < -0.39 is 0 Å². The largest absolute Gasteiger partial charge is 0.341 e.